The number of anilines is 6. The van der Waals surface area contributed by atoms with Gasteiger partial charge in [-0.2, -0.15) is 0 Å². The molecule has 0 spiro atoms. The molecule has 4 nitrogen and oxygen atoms in total. The molecular formula is C66H40GeN2O2. The number of rotatable bonds is 5. The van der Waals surface area contributed by atoms with E-state index in [-0.39, 0.29) is 0 Å². The summed E-state index contributed by atoms with van der Waals surface area (Å²) in [5, 5.41) is 9.40. The van der Waals surface area contributed by atoms with E-state index in [4.69, 9.17) is 9.15 Å². The first-order chi connectivity index (χ1) is 35.2. The van der Waals surface area contributed by atoms with Gasteiger partial charge in [0.05, 0.1) is 0 Å². The van der Waals surface area contributed by atoms with Gasteiger partial charge in [0.2, 0.25) is 0 Å². The van der Waals surface area contributed by atoms with Crippen molar-refractivity contribution in [3.8, 4) is 33.8 Å². The van der Waals surface area contributed by atoms with Gasteiger partial charge in [0, 0.05) is 0 Å². The SMILES string of the molecule is c1ccc(N2c3cccc4[c]3[Ge]3([c]5ccccc5)[c]5c(cc(-c6c7ccccc7c(-c7ccc8oc9cc%10ccccc%10cc9c8c7)c7ccccc67)cc5N(c5ccccc5)c5cccc2[c]53)O4)cc1. The molecule has 12 aromatic carbocycles. The molecule has 4 heterocycles. The first kappa shape index (κ1) is 39.1. The molecule has 1 atom stereocenters. The molecule has 0 saturated carbocycles. The molecule has 71 heavy (non-hydrogen) atoms. The molecule has 1 unspecified atom stereocenters. The summed E-state index contributed by atoms with van der Waals surface area (Å²) in [6, 6.07) is 89.5. The zero-order valence-corrected chi connectivity index (χ0v) is 40.4. The molecule has 3 aliphatic rings. The van der Waals surface area contributed by atoms with Gasteiger partial charge in [-0.15, -0.1) is 0 Å². The van der Waals surface area contributed by atoms with E-state index in [2.05, 4.69) is 252 Å². The number of hydrogen-bond acceptors (Lipinski definition) is 4. The summed E-state index contributed by atoms with van der Waals surface area (Å²) in [7, 11) is 0. The Balaban J connectivity index is 1.00. The second-order valence-corrected chi connectivity index (χ2v) is 26.6. The van der Waals surface area contributed by atoms with Gasteiger partial charge in [0.1, 0.15) is 5.58 Å². The van der Waals surface area contributed by atoms with Gasteiger partial charge in [0.25, 0.3) is 0 Å². The van der Waals surface area contributed by atoms with E-state index in [0.717, 1.165) is 55.9 Å². The van der Waals surface area contributed by atoms with Crippen molar-refractivity contribution in [2.75, 3.05) is 9.80 Å². The van der Waals surface area contributed by atoms with Gasteiger partial charge in [-0.1, -0.05) is 24.3 Å². The first-order valence-corrected chi connectivity index (χ1v) is 28.6. The number of furan rings is 1. The molecule has 1 aromatic heterocycles. The predicted molar refractivity (Wildman–Crippen MR) is 297 cm³/mol. The van der Waals surface area contributed by atoms with Crippen LogP contribution >= 0.6 is 0 Å². The van der Waals surface area contributed by atoms with Crippen molar-refractivity contribution in [3.05, 3.63) is 243 Å². The minimum absolute atomic E-state index is 0.890. The molecule has 0 radical (unpaired) electrons. The van der Waals surface area contributed by atoms with Gasteiger partial charge >= 0.3 is 357 Å². The fourth-order valence-corrected chi connectivity index (χ4v) is 24.6. The molecule has 0 N–H and O–H groups in total. The van der Waals surface area contributed by atoms with E-state index >= 15 is 0 Å². The summed E-state index contributed by atoms with van der Waals surface area (Å²) in [6.45, 7) is 0. The van der Waals surface area contributed by atoms with E-state index in [0.29, 0.717) is 0 Å². The zero-order chi connectivity index (χ0) is 46.4. The summed E-state index contributed by atoms with van der Waals surface area (Å²) in [6.07, 6.45) is 0. The van der Waals surface area contributed by atoms with E-state index in [1.807, 2.05) is 0 Å². The molecular weight excluding hydrogens is 925 g/mol. The van der Waals surface area contributed by atoms with Crippen molar-refractivity contribution in [1.29, 1.82) is 0 Å². The van der Waals surface area contributed by atoms with E-state index in [1.165, 1.54) is 83.8 Å². The Labute approximate surface area is 412 Å². The third kappa shape index (κ3) is 5.29. The van der Waals surface area contributed by atoms with Gasteiger partial charge in [-0.3, -0.25) is 0 Å². The van der Waals surface area contributed by atoms with Crippen LogP contribution in [-0.4, -0.2) is 13.3 Å². The fraction of sp³-hybridized carbons (Fsp3) is 0. The van der Waals surface area contributed by atoms with Crippen molar-refractivity contribution in [1.82, 2.24) is 0 Å². The van der Waals surface area contributed by atoms with Crippen LogP contribution in [0, 0.1) is 0 Å². The Morgan fingerprint density at radius 1 is 0.310 bits per heavy atom. The third-order valence-corrected chi connectivity index (χ3v) is 25.9. The first-order valence-electron chi connectivity index (χ1n) is 24.4. The molecule has 13 aromatic rings. The van der Waals surface area contributed by atoms with Crippen LogP contribution in [0.25, 0.3) is 76.5 Å². The fourth-order valence-electron chi connectivity index (χ4n) is 12.8. The minimum atomic E-state index is -3.98. The predicted octanol–water partition coefficient (Wildman–Crippen LogP) is 15.4. The van der Waals surface area contributed by atoms with E-state index < -0.39 is 13.3 Å². The summed E-state index contributed by atoms with van der Waals surface area (Å²) in [4.78, 5) is 5.01. The molecule has 5 heteroatoms. The van der Waals surface area contributed by atoms with Gasteiger partial charge in [0.15, 0.2) is 0 Å². The maximum absolute atomic E-state index is 7.52. The average molecular weight is 966 g/mol. The second-order valence-electron chi connectivity index (χ2n) is 19.1. The van der Waals surface area contributed by atoms with Crippen LogP contribution < -0.4 is 32.1 Å². The molecule has 0 fully saturated rings. The molecule has 330 valence electrons. The van der Waals surface area contributed by atoms with Crippen LogP contribution in [0.2, 0.25) is 0 Å². The average Bonchev–Trinajstić information content (AvgIpc) is 3.79. The van der Waals surface area contributed by atoms with Gasteiger partial charge in [-0.05, 0) is 22.9 Å². The number of nitrogens with zero attached hydrogens (tertiary/aromatic N) is 2. The monoisotopic (exact) mass is 966 g/mol. The molecule has 3 aliphatic heterocycles. The summed E-state index contributed by atoms with van der Waals surface area (Å²) in [5.41, 5.74) is 13.5. The number of para-hydroxylation sites is 2. The number of fused-ring (bicyclic) bond motifs is 6. The van der Waals surface area contributed by atoms with Crippen LogP contribution in [0.5, 0.6) is 11.5 Å². The van der Waals surface area contributed by atoms with Gasteiger partial charge < -0.3 is 4.42 Å². The van der Waals surface area contributed by atoms with Crippen molar-refractivity contribution in [2.45, 2.75) is 0 Å². The van der Waals surface area contributed by atoms with Crippen molar-refractivity contribution < 1.29 is 9.15 Å². The van der Waals surface area contributed by atoms with Crippen LogP contribution in [-0.2, 0) is 0 Å². The molecule has 0 amide bonds. The summed E-state index contributed by atoms with van der Waals surface area (Å²) < 4.78 is 19.5. The maximum atomic E-state index is 7.52. The van der Waals surface area contributed by atoms with E-state index in [1.54, 1.807) is 0 Å². The van der Waals surface area contributed by atoms with Crippen LogP contribution in [0.4, 0.5) is 34.1 Å². The topological polar surface area (TPSA) is 28.9 Å². The standard InChI is InChI=1S/C66H40GeN2O2/c1-4-20-45(21-5-1)67-64-54-30-16-31-55(64)69(47-24-8-3-9-25-47)57-38-44(40-61(66(57)67)71-59-33-17-32-56(65(59)67)68(54)46-22-6-2-7-23-46)63-50-28-14-12-26-48(50)62(49-27-13-15-29-51(49)63)43-34-35-58-52(37-43)53-36-41-18-10-11-19-42(41)39-60(53)70-58/h1-40H. The van der Waals surface area contributed by atoms with Crippen molar-refractivity contribution in [3.63, 3.8) is 0 Å². The quantitative estimate of drug-likeness (QED) is 0.127. The van der Waals surface area contributed by atoms with Crippen molar-refractivity contribution >= 4 is 119 Å². The van der Waals surface area contributed by atoms with Crippen LogP contribution in [0.15, 0.2) is 247 Å². The van der Waals surface area contributed by atoms with Crippen LogP contribution in [0.3, 0.4) is 0 Å². The Morgan fingerprint density at radius 2 is 0.817 bits per heavy atom. The number of benzene rings is 12. The van der Waals surface area contributed by atoms with Gasteiger partial charge in [-0.25, -0.2) is 0 Å². The molecule has 16 rings (SSSR count). The Kier molecular flexibility index (Phi) is 8.03. The molecule has 0 aliphatic carbocycles. The Morgan fingerprint density at radius 3 is 1.46 bits per heavy atom. The Bertz CT molecular complexity index is 4340. The van der Waals surface area contributed by atoms with E-state index in [9.17, 15) is 0 Å². The Hall–Kier alpha value is -8.84. The molecule has 0 bridgehead atoms. The molecule has 0 saturated heterocycles. The third-order valence-electron chi connectivity index (χ3n) is 15.5. The zero-order valence-electron chi connectivity index (χ0n) is 38.3. The number of ether oxygens (including phenoxy) is 1. The normalized spacial score (nSPS) is 15.2. The second kappa shape index (κ2) is 14.6. The number of hydrogen-bond donors (Lipinski definition) is 0. The van der Waals surface area contributed by atoms with Crippen LogP contribution in [0.1, 0.15) is 0 Å². The summed E-state index contributed by atoms with van der Waals surface area (Å²) >= 11 is -3.98. The summed E-state index contributed by atoms with van der Waals surface area (Å²) in [5.74, 6) is 1.87. The van der Waals surface area contributed by atoms with Crippen molar-refractivity contribution in [2.24, 2.45) is 0 Å².